The van der Waals surface area contributed by atoms with E-state index in [9.17, 15) is 19.5 Å². The van der Waals surface area contributed by atoms with E-state index in [1.54, 1.807) is 30.3 Å². The second kappa shape index (κ2) is 11.9. The summed E-state index contributed by atoms with van der Waals surface area (Å²) >= 11 is 11.7. The van der Waals surface area contributed by atoms with Crippen molar-refractivity contribution >= 4 is 62.8 Å². The number of halogens is 2. The number of aliphatic hydroxyl groups excluding tert-OH is 1. The number of para-hydroxylation sites is 1. The fourth-order valence-corrected chi connectivity index (χ4v) is 9.77. The molecule has 3 heterocycles. The number of aliphatic hydroxyl groups is 1. The van der Waals surface area contributed by atoms with Gasteiger partial charge in [-0.2, -0.15) is 0 Å². The number of allylic oxidation sites excluding steroid dienone is 1. The number of unbranched alkanes of at least 4 members (excludes halogenated alkanes) is 2. The number of esters is 1. The van der Waals surface area contributed by atoms with Gasteiger partial charge < -0.3 is 19.6 Å². The Morgan fingerprint density at radius 1 is 1.30 bits per heavy atom. The molecule has 3 fully saturated rings. The van der Waals surface area contributed by atoms with Gasteiger partial charge in [-0.15, -0.1) is 24.9 Å². The van der Waals surface area contributed by atoms with Crippen LogP contribution in [0, 0.1) is 11.8 Å². The van der Waals surface area contributed by atoms with Gasteiger partial charge in [0.25, 0.3) is 5.91 Å². The average Bonchev–Trinajstić information content (AvgIpc) is 3.46. The molecule has 37 heavy (non-hydrogen) atoms. The number of carbonyl (C=O) groups excluding carboxylic acids is 3. The highest BCUT2D eigenvalue weighted by molar-refractivity contribution is 9.09. The highest BCUT2D eigenvalue weighted by atomic mass is 79.9. The number of hydrogen-bond acceptors (Lipinski definition) is 6. The summed E-state index contributed by atoms with van der Waals surface area (Å²) in [5, 5.41) is 10.0. The summed E-state index contributed by atoms with van der Waals surface area (Å²) in [6.45, 7) is 7.69. The van der Waals surface area contributed by atoms with Crippen LogP contribution in [0.2, 0.25) is 5.02 Å². The van der Waals surface area contributed by atoms with E-state index < -0.39 is 28.6 Å². The van der Waals surface area contributed by atoms with E-state index >= 15 is 0 Å². The Morgan fingerprint density at radius 2 is 2.05 bits per heavy atom. The van der Waals surface area contributed by atoms with Crippen molar-refractivity contribution in [1.29, 1.82) is 0 Å². The molecule has 10 heteroatoms. The highest BCUT2D eigenvalue weighted by Gasteiger charge is 2.76. The number of alkyl halides is 1. The molecule has 2 amide bonds. The number of nitrogens with zero attached hydrogens (tertiary/aromatic N) is 2. The van der Waals surface area contributed by atoms with Crippen LogP contribution in [-0.2, 0) is 19.1 Å². The van der Waals surface area contributed by atoms with Gasteiger partial charge in [0, 0.05) is 23.2 Å². The molecule has 0 aromatic heterocycles. The van der Waals surface area contributed by atoms with Crippen molar-refractivity contribution in [3.05, 3.63) is 54.6 Å². The number of carbonyl (C=O) groups is 3. The molecule has 7 nitrogen and oxygen atoms in total. The van der Waals surface area contributed by atoms with Crippen molar-refractivity contribution in [3.63, 3.8) is 0 Å². The maximum Gasteiger partial charge on any atom is 0.310 e. The van der Waals surface area contributed by atoms with Gasteiger partial charge in [-0.3, -0.25) is 14.4 Å². The molecule has 3 aliphatic heterocycles. The van der Waals surface area contributed by atoms with Gasteiger partial charge in [-0.25, -0.2) is 0 Å². The predicted octanol–water partition coefficient (Wildman–Crippen LogP) is 4.22. The minimum absolute atomic E-state index is 0.000555. The van der Waals surface area contributed by atoms with Crippen LogP contribution in [0.5, 0.6) is 0 Å². The third-order valence-corrected chi connectivity index (χ3v) is 10.9. The van der Waals surface area contributed by atoms with Crippen LogP contribution in [0.1, 0.15) is 25.7 Å². The van der Waals surface area contributed by atoms with Crippen molar-refractivity contribution < 1.29 is 24.2 Å². The number of benzene rings is 1. The number of fused-ring (bicyclic) bond motifs is 1. The first-order valence-electron chi connectivity index (χ1n) is 12.5. The third kappa shape index (κ3) is 5.00. The maximum atomic E-state index is 14.3. The highest BCUT2D eigenvalue weighted by Crippen LogP contribution is 2.68. The Hall–Kier alpha value is -1.81. The zero-order valence-electron chi connectivity index (χ0n) is 20.6. The Balaban J connectivity index is 1.68. The van der Waals surface area contributed by atoms with E-state index in [1.165, 1.54) is 21.6 Å². The van der Waals surface area contributed by atoms with Crippen LogP contribution >= 0.6 is 39.3 Å². The van der Waals surface area contributed by atoms with Crippen molar-refractivity contribution in [3.8, 4) is 0 Å². The molecule has 6 atom stereocenters. The van der Waals surface area contributed by atoms with E-state index in [-0.39, 0.29) is 48.2 Å². The molecule has 1 aromatic rings. The SMILES string of the molecule is C=CCCCCOC(=O)[C@H]1[C@H]2C(=O)N(CCO)C(C(=O)N(CC=C)c3ccccc3Cl)C23CC(Br)[C@@H]1S3. The molecule has 2 bridgehead atoms. The van der Waals surface area contributed by atoms with Crippen molar-refractivity contribution in [2.75, 3.05) is 31.2 Å². The van der Waals surface area contributed by atoms with Crippen LogP contribution < -0.4 is 4.90 Å². The first-order valence-corrected chi connectivity index (χ1v) is 14.7. The molecule has 0 saturated carbocycles. The monoisotopic (exact) mass is 610 g/mol. The predicted molar refractivity (Wildman–Crippen MR) is 150 cm³/mol. The summed E-state index contributed by atoms with van der Waals surface area (Å²) in [6, 6.07) is 6.17. The van der Waals surface area contributed by atoms with Crippen molar-refractivity contribution in [2.24, 2.45) is 11.8 Å². The first-order chi connectivity index (χ1) is 17.8. The third-order valence-electron chi connectivity index (χ3n) is 7.40. The number of rotatable bonds is 12. The maximum absolute atomic E-state index is 14.3. The smallest absolute Gasteiger partial charge is 0.310 e. The molecule has 1 N–H and O–H groups in total. The zero-order chi connectivity index (χ0) is 26.7. The minimum Gasteiger partial charge on any atom is -0.465 e. The summed E-state index contributed by atoms with van der Waals surface area (Å²) < 4.78 is 4.81. The standard InChI is InChI=1S/C27H32BrClN2O5S/c1-3-5-6-9-15-36-26(35)20-21-24(33)31(13-14-32)23(27(21)16-17(28)22(20)37-27)25(34)30(12-4-2)19-11-8-7-10-18(19)29/h3-4,7-8,10-11,17,20-23,32H,1-2,5-6,9,12-16H2/t17?,20-,21-,22-,23?,27?/m0/s1. The molecule has 1 spiro atoms. The number of β-amino-alcohol motifs (C(OH)–C–C–N with tert-alkyl or cyclic N) is 1. The molecule has 3 unspecified atom stereocenters. The van der Waals surface area contributed by atoms with Gasteiger partial charge in [-0.05, 0) is 37.8 Å². The van der Waals surface area contributed by atoms with Crippen LogP contribution in [-0.4, -0.2) is 75.0 Å². The molecule has 1 aromatic carbocycles. The molecular formula is C27H32BrClN2O5S. The van der Waals surface area contributed by atoms with E-state index in [4.69, 9.17) is 16.3 Å². The second-order valence-electron chi connectivity index (χ2n) is 9.56. The molecule has 200 valence electrons. The van der Waals surface area contributed by atoms with Crippen molar-refractivity contribution in [1.82, 2.24) is 4.90 Å². The van der Waals surface area contributed by atoms with Gasteiger partial charge in [0.1, 0.15) is 6.04 Å². The topological polar surface area (TPSA) is 87.1 Å². The van der Waals surface area contributed by atoms with Crippen LogP contribution in [0.4, 0.5) is 5.69 Å². The molecule has 0 aliphatic carbocycles. The fraction of sp³-hybridized carbons (Fsp3) is 0.519. The normalized spacial score (nSPS) is 29.8. The quantitative estimate of drug-likeness (QED) is 0.165. The van der Waals surface area contributed by atoms with Crippen molar-refractivity contribution in [2.45, 2.75) is 46.5 Å². The summed E-state index contributed by atoms with van der Waals surface area (Å²) in [7, 11) is 0. The Bertz CT molecular complexity index is 1070. The lowest BCUT2D eigenvalue weighted by molar-refractivity contribution is -0.154. The number of hydrogen-bond donors (Lipinski definition) is 1. The lowest BCUT2D eigenvalue weighted by Gasteiger charge is -2.37. The van der Waals surface area contributed by atoms with E-state index in [2.05, 4.69) is 29.1 Å². The molecule has 3 aliphatic rings. The Labute approximate surface area is 235 Å². The lowest BCUT2D eigenvalue weighted by atomic mass is 9.71. The second-order valence-corrected chi connectivity index (χ2v) is 12.7. The number of anilines is 1. The molecule has 0 radical (unpaired) electrons. The van der Waals surface area contributed by atoms with Gasteiger partial charge in [0.2, 0.25) is 5.91 Å². The molecule has 3 saturated heterocycles. The summed E-state index contributed by atoms with van der Waals surface area (Å²) in [5.74, 6) is -2.35. The minimum atomic E-state index is -0.867. The number of amides is 2. The average molecular weight is 612 g/mol. The Morgan fingerprint density at radius 3 is 2.73 bits per heavy atom. The van der Waals surface area contributed by atoms with Gasteiger partial charge in [-0.1, -0.05) is 51.8 Å². The Kier molecular flexibility index (Phi) is 9.09. The van der Waals surface area contributed by atoms with Crippen LogP contribution in [0.3, 0.4) is 0 Å². The van der Waals surface area contributed by atoms with Crippen LogP contribution in [0.25, 0.3) is 0 Å². The molecular weight excluding hydrogens is 580 g/mol. The van der Waals surface area contributed by atoms with Gasteiger partial charge in [0.15, 0.2) is 0 Å². The van der Waals surface area contributed by atoms with E-state index in [1.807, 2.05) is 6.08 Å². The summed E-state index contributed by atoms with van der Waals surface area (Å²) in [4.78, 5) is 44.4. The first kappa shape index (κ1) is 28.2. The summed E-state index contributed by atoms with van der Waals surface area (Å²) in [6.07, 6.45) is 6.42. The van der Waals surface area contributed by atoms with Gasteiger partial charge in [0.05, 0.1) is 40.5 Å². The summed E-state index contributed by atoms with van der Waals surface area (Å²) in [5.41, 5.74) is 0.522. The molecule has 4 rings (SSSR count). The fourth-order valence-electron chi connectivity index (χ4n) is 5.94. The zero-order valence-corrected chi connectivity index (χ0v) is 23.7. The van der Waals surface area contributed by atoms with E-state index in [0.29, 0.717) is 17.1 Å². The number of likely N-dealkylation sites (tertiary alicyclic amines) is 1. The largest absolute Gasteiger partial charge is 0.465 e. The number of ether oxygens (including phenoxy) is 1. The van der Waals surface area contributed by atoms with Crippen LogP contribution in [0.15, 0.2) is 49.6 Å². The lowest BCUT2D eigenvalue weighted by Crippen LogP contribution is -2.56. The number of thioether (sulfide) groups is 1. The van der Waals surface area contributed by atoms with Gasteiger partial charge >= 0.3 is 5.97 Å². The van der Waals surface area contributed by atoms with E-state index in [0.717, 1.165) is 19.3 Å².